The number of nitrogens with one attached hydrogen (secondary N) is 1. The molecule has 102 valence electrons. The van der Waals surface area contributed by atoms with Gasteiger partial charge in [-0.25, -0.2) is 8.42 Å². The van der Waals surface area contributed by atoms with E-state index in [9.17, 15) is 8.42 Å². The molecular formula is C10H23N3O3S. The van der Waals surface area contributed by atoms with Gasteiger partial charge in [-0.2, -0.15) is 4.31 Å². The van der Waals surface area contributed by atoms with Gasteiger partial charge < -0.3 is 10.5 Å². The van der Waals surface area contributed by atoms with Crippen molar-refractivity contribution >= 4 is 15.9 Å². The second-order valence-electron chi connectivity index (χ2n) is 3.99. The van der Waals surface area contributed by atoms with Crippen LogP contribution in [0.2, 0.25) is 0 Å². The third-order valence-corrected chi connectivity index (χ3v) is 4.23. The zero-order valence-electron chi connectivity index (χ0n) is 10.8. The molecule has 0 amide bonds. The monoisotopic (exact) mass is 265 g/mol. The maximum Gasteiger partial charge on any atom is 0.216 e. The number of sulfonamides is 1. The van der Waals surface area contributed by atoms with Crippen LogP contribution in [0.5, 0.6) is 0 Å². The molecule has 0 aliphatic heterocycles. The highest BCUT2D eigenvalue weighted by Gasteiger charge is 2.24. The van der Waals surface area contributed by atoms with Crippen LogP contribution < -0.4 is 5.73 Å². The molecule has 0 fully saturated rings. The van der Waals surface area contributed by atoms with Gasteiger partial charge in [0.2, 0.25) is 10.0 Å². The van der Waals surface area contributed by atoms with Crippen LogP contribution in [0.3, 0.4) is 0 Å². The Balaban J connectivity index is 4.51. The highest BCUT2D eigenvalue weighted by atomic mass is 32.2. The molecule has 0 unspecified atom stereocenters. The highest BCUT2D eigenvalue weighted by molar-refractivity contribution is 7.89. The average molecular weight is 265 g/mol. The fourth-order valence-corrected chi connectivity index (χ4v) is 2.95. The summed E-state index contributed by atoms with van der Waals surface area (Å²) in [5.74, 6) is -0.0348. The first kappa shape index (κ1) is 16.3. The van der Waals surface area contributed by atoms with Crippen LogP contribution in [0.1, 0.15) is 27.2 Å². The lowest BCUT2D eigenvalue weighted by Gasteiger charge is -2.25. The topological polar surface area (TPSA) is 96.5 Å². The van der Waals surface area contributed by atoms with E-state index < -0.39 is 10.0 Å². The molecule has 0 aliphatic rings. The van der Waals surface area contributed by atoms with Crippen LogP contribution in [0.25, 0.3) is 0 Å². The van der Waals surface area contributed by atoms with Crippen LogP contribution in [0, 0.1) is 5.41 Å². The summed E-state index contributed by atoms with van der Waals surface area (Å²) in [6.45, 7) is 6.38. The predicted octanol–water partition coefficient (Wildman–Crippen LogP) is 0.389. The largest absolute Gasteiger partial charge is 0.388 e. The number of hydrogen-bond donors (Lipinski definition) is 2. The van der Waals surface area contributed by atoms with Crippen molar-refractivity contribution in [2.45, 2.75) is 33.2 Å². The SMILES string of the molecule is CCOCCS(=O)(=O)N(CCC(=N)N)C(C)C. The fraction of sp³-hybridized carbons (Fsp3) is 0.900. The number of hydrogen-bond acceptors (Lipinski definition) is 4. The van der Waals surface area contributed by atoms with Gasteiger partial charge in [-0.05, 0) is 20.8 Å². The first-order valence-corrected chi connectivity index (χ1v) is 7.32. The molecule has 3 N–H and O–H groups in total. The van der Waals surface area contributed by atoms with Gasteiger partial charge in [0.25, 0.3) is 0 Å². The van der Waals surface area contributed by atoms with E-state index in [-0.39, 0.29) is 37.2 Å². The number of ether oxygens (including phenoxy) is 1. The Labute approximate surface area is 104 Å². The lowest BCUT2D eigenvalue weighted by Crippen LogP contribution is -2.41. The summed E-state index contributed by atoms with van der Waals surface area (Å²) in [6.07, 6.45) is 0.256. The van der Waals surface area contributed by atoms with Crippen molar-refractivity contribution in [2.24, 2.45) is 5.73 Å². The Morgan fingerprint density at radius 2 is 2.06 bits per heavy atom. The molecule has 17 heavy (non-hydrogen) atoms. The van der Waals surface area contributed by atoms with Gasteiger partial charge in [0.1, 0.15) is 0 Å². The molecule has 0 rings (SSSR count). The van der Waals surface area contributed by atoms with E-state index in [1.165, 1.54) is 4.31 Å². The molecule has 0 saturated heterocycles. The minimum Gasteiger partial charge on any atom is -0.388 e. The molecule has 0 aromatic carbocycles. The van der Waals surface area contributed by atoms with Crippen molar-refractivity contribution < 1.29 is 13.2 Å². The predicted molar refractivity (Wildman–Crippen MR) is 68.7 cm³/mol. The molecule has 0 aromatic heterocycles. The van der Waals surface area contributed by atoms with Crippen LogP contribution in [0.4, 0.5) is 0 Å². The third kappa shape index (κ3) is 6.60. The van der Waals surface area contributed by atoms with Gasteiger partial charge >= 0.3 is 0 Å². The van der Waals surface area contributed by atoms with Crippen molar-refractivity contribution in [3.8, 4) is 0 Å². The summed E-state index contributed by atoms with van der Waals surface area (Å²) in [5.41, 5.74) is 5.24. The van der Waals surface area contributed by atoms with Crippen molar-refractivity contribution in [2.75, 3.05) is 25.5 Å². The molecular weight excluding hydrogens is 242 g/mol. The maximum absolute atomic E-state index is 12.0. The number of nitrogens with two attached hydrogens (primary N) is 1. The minimum absolute atomic E-state index is 0.00402. The molecule has 0 atom stereocenters. The van der Waals surface area contributed by atoms with E-state index in [4.69, 9.17) is 15.9 Å². The van der Waals surface area contributed by atoms with Crippen molar-refractivity contribution in [3.63, 3.8) is 0 Å². The quantitative estimate of drug-likeness (QED) is 0.358. The van der Waals surface area contributed by atoms with Crippen molar-refractivity contribution in [1.82, 2.24) is 4.31 Å². The molecule has 0 spiro atoms. The standard InChI is InChI=1S/C10H23N3O3S/c1-4-16-7-8-17(14,15)13(9(2)3)6-5-10(11)12/h9H,4-8H2,1-3H3,(H3,11,12). The summed E-state index contributed by atoms with van der Waals surface area (Å²) in [6, 6.07) is -0.138. The fourth-order valence-electron chi connectivity index (χ4n) is 1.37. The maximum atomic E-state index is 12.0. The van der Waals surface area contributed by atoms with E-state index in [2.05, 4.69) is 0 Å². The molecule has 6 nitrogen and oxygen atoms in total. The second kappa shape index (κ2) is 7.62. The lowest BCUT2D eigenvalue weighted by atomic mass is 10.3. The average Bonchev–Trinajstić information content (AvgIpc) is 2.16. The summed E-state index contributed by atoms with van der Waals surface area (Å²) in [4.78, 5) is 0. The number of amidine groups is 1. The van der Waals surface area contributed by atoms with Gasteiger partial charge in [-0.3, -0.25) is 5.41 Å². The van der Waals surface area contributed by atoms with Crippen molar-refractivity contribution in [3.05, 3.63) is 0 Å². The minimum atomic E-state index is -3.33. The zero-order valence-corrected chi connectivity index (χ0v) is 11.6. The Morgan fingerprint density at radius 3 is 2.47 bits per heavy atom. The molecule has 0 heterocycles. The summed E-state index contributed by atoms with van der Waals surface area (Å²) in [5, 5.41) is 7.13. The first-order chi connectivity index (χ1) is 7.81. The number of nitrogens with zero attached hydrogens (tertiary/aromatic N) is 1. The lowest BCUT2D eigenvalue weighted by molar-refractivity contribution is 0.162. The molecule has 0 saturated carbocycles. The third-order valence-electron chi connectivity index (χ3n) is 2.22. The van der Waals surface area contributed by atoms with Crippen molar-refractivity contribution in [1.29, 1.82) is 5.41 Å². The summed E-state index contributed by atoms with van der Waals surface area (Å²) >= 11 is 0. The summed E-state index contributed by atoms with van der Waals surface area (Å²) in [7, 11) is -3.33. The summed E-state index contributed by atoms with van der Waals surface area (Å²) < 4.78 is 30.4. The Bertz CT molecular complexity index is 328. The Morgan fingerprint density at radius 1 is 1.47 bits per heavy atom. The molecule has 0 aromatic rings. The highest BCUT2D eigenvalue weighted by Crippen LogP contribution is 2.08. The van der Waals surface area contributed by atoms with Crippen LogP contribution in [0.15, 0.2) is 0 Å². The van der Waals surface area contributed by atoms with Gasteiger partial charge in [0.05, 0.1) is 18.2 Å². The van der Waals surface area contributed by atoms with Crippen LogP contribution >= 0.6 is 0 Å². The normalized spacial score (nSPS) is 12.3. The Kier molecular flexibility index (Phi) is 7.33. The smallest absolute Gasteiger partial charge is 0.216 e. The Hall–Kier alpha value is -0.660. The van der Waals surface area contributed by atoms with Gasteiger partial charge in [-0.15, -0.1) is 0 Å². The van der Waals surface area contributed by atoms with Gasteiger partial charge in [0, 0.05) is 25.6 Å². The first-order valence-electron chi connectivity index (χ1n) is 5.71. The van der Waals surface area contributed by atoms with E-state index in [1.807, 2.05) is 6.92 Å². The van der Waals surface area contributed by atoms with E-state index >= 15 is 0 Å². The van der Waals surface area contributed by atoms with Crippen LogP contribution in [-0.2, 0) is 14.8 Å². The van der Waals surface area contributed by atoms with Gasteiger partial charge in [-0.1, -0.05) is 0 Å². The molecule has 7 heteroatoms. The van der Waals surface area contributed by atoms with E-state index in [1.54, 1.807) is 13.8 Å². The van der Waals surface area contributed by atoms with Gasteiger partial charge in [0.15, 0.2) is 0 Å². The second-order valence-corrected chi connectivity index (χ2v) is 6.03. The zero-order chi connectivity index (χ0) is 13.5. The molecule has 0 aliphatic carbocycles. The van der Waals surface area contributed by atoms with Crippen LogP contribution in [-0.4, -0.2) is 50.1 Å². The van der Waals surface area contributed by atoms with E-state index in [0.717, 1.165) is 0 Å². The molecule has 0 bridgehead atoms. The molecule has 0 radical (unpaired) electrons. The van der Waals surface area contributed by atoms with E-state index in [0.29, 0.717) is 6.61 Å². The number of rotatable bonds is 9.